The predicted molar refractivity (Wildman–Crippen MR) is 83.3 cm³/mol. The molecular formula is C16H18BrNO4. The molecule has 1 amide bonds. The van der Waals surface area contributed by atoms with Crippen molar-refractivity contribution in [2.45, 2.75) is 43.9 Å². The second-order valence-electron chi connectivity index (χ2n) is 5.93. The summed E-state index contributed by atoms with van der Waals surface area (Å²) in [5, 5.41) is 12.0. The van der Waals surface area contributed by atoms with Crippen molar-refractivity contribution in [2.24, 2.45) is 5.92 Å². The van der Waals surface area contributed by atoms with Crippen LogP contribution < -0.4 is 5.32 Å². The number of carbonyl (C=O) groups is 2. The third-order valence-electron chi connectivity index (χ3n) is 4.39. The summed E-state index contributed by atoms with van der Waals surface area (Å²) in [5.41, 5.74) is 0.786. The molecule has 4 unspecified atom stereocenters. The van der Waals surface area contributed by atoms with E-state index in [1.807, 2.05) is 24.3 Å². The number of aliphatic carboxylic acids is 1. The van der Waals surface area contributed by atoms with Crippen LogP contribution in [0.1, 0.15) is 37.3 Å². The number of fused-ring (bicyclic) bond motifs is 2. The van der Waals surface area contributed by atoms with Crippen LogP contribution >= 0.6 is 15.9 Å². The van der Waals surface area contributed by atoms with Gasteiger partial charge in [0.25, 0.3) is 0 Å². The molecule has 2 N–H and O–H groups in total. The molecular weight excluding hydrogens is 350 g/mol. The number of hydrogen-bond donors (Lipinski definition) is 2. The van der Waals surface area contributed by atoms with Crippen LogP contribution in [-0.2, 0) is 14.3 Å². The van der Waals surface area contributed by atoms with E-state index in [1.165, 1.54) is 0 Å². The van der Waals surface area contributed by atoms with E-state index in [4.69, 9.17) is 9.84 Å². The van der Waals surface area contributed by atoms with Crippen molar-refractivity contribution in [3.05, 3.63) is 34.3 Å². The first-order valence-corrected chi connectivity index (χ1v) is 8.25. The van der Waals surface area contributed by atoms with Crippen molar-refractivity contribution in [1.29, 1.82) is 0 Å². The molecule has 22 heavy (non-hydrogen) atoms. The van der Waals surface area contributed by atoms with Gasteiger partial charge in [0, 0.05) is 4.47 Å². The Kier molecular flexibility index (Phi) is 4.49. The molecule has 2 fully saturated rings. The molecule has 118 valence electrons. The first kappa shape index (κ1) is 15.5. The number of ether oxygens (including phenoxy) is 1. The van der Waals surface area contributed by atoms with E-state index in [-0.39, 0.29) is 30.5 Å². The maximum absolute atomic E-state index is 12.5. The van der Waals surface area contributed by atoms with Crippen molar-refractivity contribution in [2.75, 3.05) is 0 Å². The van der Waals surface area contributed by atoms with E-state index >= 15 is 0 Å². The summed E-state index contributed by atoms with van der Waals surface area (Å²) < 4.78 is 6.57. The Bertz CT molecular complexity index is 591. The Hall–Kier alpha value is -1.40. The molecule has 2 bridgehead atoms. The molecule has 0 saturated carbocycles. The van der Waals surface area contributed by atoms with Crippen molar-refractivity contribution >= 4 is 27.8 Å². The molecule has 0 radical (unpaired) electrons. The van der Waals surface area contributed by atoms with E-state index in [2.05, 4.69) is 21.2 Å². The summed E-state index contributed by atoms with van der Waals surface area (Å²) in [6.45, 7) is 0. The molecule has 2 aliphatic rings. The first-order chi connectivity index (χ1) is 10.5. The lowest BCUT2D eigenvalue weighted by molar-refractivity contribution is -0.138. The number of halogens is 1. The zero-order chi connectivity index (χ0) is 15.7. The largest absolute Gasteiger partial charge is 0.481 e. The van der Waals surface area contributed by atoms with Gasteiger partial charge < -0.3 is 15.2 Å². The van der Waals surface area contributed by atoms with E-state index in [0.717, 1.165) is 29.3 Å². The Labute approximate surface area is 137 Å². The van der Waals surface area contributed by atoms with Crippen LogP contribution in [0.5, 0.6) is 0 Å². The number of amides is 1. The summed E-state index contributed by atoms with van der Waals surface area (Å²) >= 11 is 3.38. The lowest BCUT2D eigenvalue weighted by atomic mass is 9.88. The molecule has 1 aromatic carbocycles. The molecule has 5 nitrogen and oxygen atoms in total. The van der Waals surface area contributed by atoms with Crippen molar-refractivity contribution in [1.82, 2.24) is 5.32 Å². The van der Waals surface area contributed by atoms with Gasteiger partial charge in [0.1, 0.15) is 0 Å². The number of rotatable bonds is 5. The van der Waals surface area contributed by atoms with Gasteiger partial charge in [0.05, 0.1) is 30.6 Å². The number of hydrogen-bond acceptors (Lipinski definition) is 3. The van der Waals surface area contributed by atoms with E-state index in [9.17, 15) is 9.59 Å². The fourth-order valence-corrected chi connectivity index (χ4v) is 3.76. The van der Waals surface area contributed by atoms with Crippen LogP contribution in [0.15, 0.2) is 28.7 Å². The Balaban J connectivity index is 1.72. The summed E-state index contributed by atoms with van der Waals surface area (Å²) in [6, 6.07) is 6.84. The lowest BCUT2D eigenvalue weighted by Gasteiger charge is -2.23. The number of carboxylic acid groups (broad SMARTS) is 1. The van der Waals surface area contributed by atoms with Crippen LogP contribution in [0.3, 0.4) is 0 Å². The summed E-state index contributed by atoms with van der Waals surface area (Å²) in [7, 11) is 0. The fourth-order valence-electron chi connectivity index (χ4n) is 3.34. The Morgan fingerprint density at radius 1 is 1.41 bits per heavy atom. The van der Waals surface area contributed by atoms with Crippen molar-refractivity contribution < 1.29 is 19.4 Å². The van der Waals surface area contributed by atoms with E-state index in [1.54, 1.807) is 0 Å². The first-order valence-electron chi connectivity index (χ1n) is 7.46. The molecule has 0 aromatic heterocycles. The zero-order valence-corrected chi connectivity index (χ0v) is 13.6. The number of benzene rings is 1. The van der Waals surface area contributed by atoms with Crippen LogP contribution in [0.2, 0.25) is 0 Å². The fraction of sp³-hybridized carbons (Fsp3) is 0.500. The van der Waals surface area contributed by atoms with Gasteiger partial charge in [-0.2, -0.15) is 0 Å². The highest BCUT2D eigenvalue weighted by Crippen LogP contribution is 2.39. The molecule has 2 heterocycles. The summed E-state index contributed by atoms with van der Waals surface area (Å²) in [6.07, 6.45) is 2.75. The van der Waals surface area contributed by atoms with Crippen LogP contribution in [0.25, 0.3) is 0 Å². The minimum absolute atomic E-state index is 0.00186. The average molecular weight is 368 g/mol. The highest BCUT2D eigenvalue weighted by Gasteiger charge is 2.44. The van der Waals surface area contributed by atoms with Gasteiger partial charge in [-0.3, -0.25) is 9.59 Å². The molecule has 4 atom stereocenters. The quantitative estimate of drug-likeness (QED) is 0.838. The molecule has 0 aliphatic carbocycles. The van der Waals surface area contributed by atoms with Crippen LogP contribution in [-0.4, -0.2) is 29.2 Å². The SMILES string of the molecule is O=C(O)CC(NC(=O)C1CC2CCC1O2)c1cccc(Br)c1. The number of carboxylic acids is 1. The third kappa shape index (κ3) is 3.33. The minimum Gasteiger partial charge on any atom is -0.481 e. The topological polar surface area (TPSA) is 75.6 Å². The summed E-state index contributed by atoms with van der Waals surface area (Å²) in [5.74, 6) is -1.19. The molecule has 0 spiro atoms. The Morgan fingerprint density at radius 2 is 2.23 bits per heavy atom. The minimum atomic E-state index is -0.936. The van der Waals surface area contributed by atoms with E-state index < -0.39 is 12.0 Å². The molecule has 6 heteroatoms. The van der Waals surface area contributed by atoms with Gasteiger partial charge in [-0.05, 0) is 37.0 Å². The maximum atomic E-state index is 12.5. The monoisotopic (exact) mass is 367 g/mol. The van der Waals surface area contributed by atoms with Crippen molar-refractivity contribution in [3.63, 3.8) is 0 Å². The Morgan fingerprint density at radius 3 is 2.82 bits per heavy atom. The van der Waals surface area contributed by atoms with Gasteiger partial charge >= 0.3 is 5.97 Å². The van der Waals surface area contributed by atoms with E-state index in [0.29, 0.717) is 0 Å². The molecule has 2 aliphatic heterocycles. The normalized spacial score (nSPS) is 27.6. The standard InChI is InChI=1S/C16H18BrNO4/c17-10-3-1-2-9(6-10)13(8-15(19)20)18-16(21)12-7-11-4-5-14(12)22-11/h1-3,6,11-14H,4-5,7-8H2,(H,18,21)(H,19,20). The van der Waals surface area contributed by atoms with Crippen LogP contribution in [0, 0.1) is 5.92 Å². The predicted octanol–water partition coefficient (Wildman–Crippen LogP) is 2.65. The third-order valence-corrected chi connectivity index (χ3v) is 4.88. The second kappa shape index (κ2) is 6.38. The number of nitrogens with one attached hydrogen (secondary N) is 1. The van der Waals surface area contributed by atoms with Gasteiger partial charge in [-0.1, -0.05) is 28.1 Å². The summed E-state index contributed by atoms with van der Waals surface area (Å²) in [4.78, 5) is 23.6. The smallest absolute Gasteiger partial charge is 0.305 e. The molecule has 2 saturated heterocycles. The maximum Gasteiger partial charge on any atom is 0.305 e. The van der Waals surface area contributed by atoms with Crippen LogP contribution in [0.4, 0.5) is 0 Å². The van der Waals surface area contributed by atoms with Gasteiger partial charge in [0.2, 0.25) is 5.91 Å². The molecule has 1 aromatic rings. The highest BCUT2D eigenvalue weighted by molar-refractivity contribution is 9.10. The van der Waals surface area contributed by atoms with Gasteiger partial charge in [0.15, 0.2) is 0 Å². The molecule has 3 rings (SSSR count). The zero-order valence-electron chi connectivity index (χ0n) is 12.0. The average Bonchev–Trinajstić information content (AvgIpc) is 3.08. The van der Waals surface area contributed by atoms with Gasteiger partial charge in [-0.25, -0.2) is 0 Å². The highest BCUT2D eigenvalue weighted by atomic mass is 79.9. The lowest BCUT2D eigenvalue weighted by Crippen LogP contribution is -2.38. The number of carbonyl (C=O) groups excluding carboxylic acids is 1. The van der Waals surface area contributed by atoms with Gasteiger partial charge in [-0.15, -0.1) is 0 Å². The second-order valence-corrected chi connectivity index (χ2v) is 6.85. The van der Waals surface area contributed by atoms with Crippen molar-refractivity contribution in [3.8, 4) is 0 Å².